The minimum Gasteiger partial charge on any atom is -0.349 e. The Bertz CT molecular complexity index is 1260. The number of nitrogens with one attached hydrogen (secondary N) is 2. The number of fused-ring (bicyclic) bond motifs is 1. The molecule has 0 saturated heterocycles. The number of hydrogen-bond acceptors (Lipinski definition) is 5. The summed E-state index contributed by atoms with van der Waals surface area (Å²) in [5, 5.41) is 4.99. The summed E-state index contributed by atoms with van der Waals surface area (Å²) in [5.74, 6) is -0.916. The van der Waals surface area contributed by atoms with Crippen LogP contribution in [0.5, 0.6) is 0 Å². The van der Waals surface area contributed by atoms with Crippen LogP contribution in [0.25, 0.3) is 11.0 Å². The average molecular weight is 545 g/mol. The molecule has 3 rings (SSSR count). The number of pyridine rings is 2. The summed E-state index contributed by atoms with van der Waals surface area (Å²) in [6, 6.07) is 3.60. The highest BCUT2D eigenvalue weighted by Gasteiger charge is 2.30. The van der Waals surface area contributed by atoms with Gasteiger partial charge in [-0.25, -0.2) is 9.97 Å². The standard InChI is InChI=1S/C21H19F3N6O2.C4H8.C3H8/c1-3-13(2)12-30-16-6-8-25-11-15(16)28-19(30)20(32)26-9-7-18(31)29-17-5-4-14(10-27-17)21(22,23)24;1-3-4-2;1-3-2/h3-6,8,10-11H,1-2,7,9,12H2,(H,26,32)(H,27,29,31);3-4H,1-2H3;3H2,1-2H3/b;4-3-;. The van der Waals surface area contributed by atoms with E-state index in [9.17, 15) is 22.8 Å². The van der Waals surface area contributed by atoms with E-state index in [0.29, 0.717) is 29.3 Å². The molecule has 0 radical (unpaired) electrons. The highest BCUT2D eigenvalue weighted by atomic mass is 19.4. The molecule has 0 aliphatic carbocycles. The number of carbonyl (C=O) groups is 2. The highest BCUT2D eigenvalue weighted by Crippen LogP contribution is 2.28. The molecule has 0 saturated carbocycles. The molecule has 0 aliphatic heterocycles. The quantitative estimate of drug-likeness (QED) is 0.254. The molecule has 11 heteroatoms. The fraction of sp³-hybridized carbons (Fsp3) is 0.321. The number of imidazole rings is 1. The highest BCUT2D eigenvalue weighted by molar-refractivity contribution is 5.95. The fourth-order valence-electron chi connectivity index (χ4n) is 2.79. The number of anilines is 1. The van der Waals surface area contributed by atoms with E-state index in [-0.39, 0.29) is 24.6 Å². The normalized spacial score (nSPS) is 10.6. The van der Waals surface area contributed by atoms with Gasteiger partial charge in [-0.2, -0.15) is 13.2 Å². The molecule has 3 aromatic heterocycles. The maximum atomic E-state index is 12.7. The molecule has 39 heavy (non-hydrogen) atoms. The van der Waals surface area contributed by atoms with Crippen molar-refractivity contribution in [3.05, 3.63) is 85.1 Å². The van der Waals surface area contributed by atoms with E-state index in [4.69, 9.17) is 0 Å². The van der Waals surface area contributed by atoms with Gasteiger partial charge >= 0.3 is 6.18 Å². The molecule has 0 aliphatic rings. The van der Waals surface area contributed by atoms with Gasteiger partial charge in [0.25, 0.3) is 5.91 Å². The van der Waals surface area contributed by atoms with Crippen molar-refractivity contribution in [2.45, 2.75) is 53.3 Å². The lowest BCUT2D eigenvalue weighted by Crippen LogP contribution is -2.30. The van der Waals surface area contributed by atoms with Crippen molar-refractivity contribution in [2.24, 2.45) is 0 Å². The number of amides is 2. The zero-order valence-electron chi connectivity index (χ0n) is 22.7. The van der Waals surface area contributed by atoms with E-state index in [1.807, 2.05) is 26.0 Å². The van der Waals surface area contributed by atoms with Crippen LogP contribution >= 0.6 is 0 Å². The first-order chi connectivity index (χ1) is 18.5. The molecule has 0 atom stereocenters. The van der Waals surface area contributed by atoms with E-state index in [1.165, 1.54) is 12.6 Å². The number of aromatic nitrogens is 4. The Labute approximate surface area is 226 Å². The number of rotatable bonds is 8. The third-order valence-electron chi connectivity index (χ3n) is 4.73. The van der Waals surface area contributed by atoms with Gasteiger partial charge in [-0.1, -0.05) is 51.7 Å². The summed E-state index contributed by atoms with van der Waals surface area (Å²) in [6.07, 6.45) is 5.95. The van der Waals surface area contributed by atoms with Gasteiger partial charge in [-0.3, -0.25) is 14.6 Å². The van der Waals surface area contributed by atoms with Gasteiger partial charge in [-0.15, -0.1) is 0 Å². The van der Waals surface area contributed by atoms with E-state index in [2.05, 4.69) is 52.6 Å². The van der Waals surface area contributed by atoms with Gasteiger partial charge in [0.05, 0.1) is 17.3 Å². The number of hydrogen-bond donors (Lipinski definition) is 2. The lowest BCUT2D eigenvalue weighted by atomic mass is 10.3. The van der Waals surface area contributed by atoms with E-state index >= 15 is 0 Å². The Balaban J connectivity index is 0.000000975. The number of allylic oxidation sites excluding steroid dienone is 4. The first-order valence-corrected chi connectivity index (χ1v) is 12.3. The third kappa shape index (κ3) is 10.9. The zero-order chi connectivity index (χ0) is 29.4. The van der Waals surface area contributed by atoms with Crippen LogP contribution in [0.2, 0.25) is 0 Å². The Hall–Kier alpha value is -4.28. The third-order valence-corrected chi connectivity index (χ3v) is 4.73. The average Bonchev–Trinajstić information content (AvgIpc) is 3.27. The van der Waals surface area contributed by atoms with E-state index in [1.54, 1.807) is 22.9 Å². The van der Waals surface area contributed by atoms with Gasteiger partial charge in [0.15, 0.2) is 5.82 Å². The monoisotopic (exact) mass is 544 g/mol. The second kappa shape index (κ2) is 16.5. The Morgan fingerprint density at radius 2 is 1.77 bits per heavy atom. The second-order valence-corrected chi connectivity index (χ2v) is 8.11. The van der Waals surface area contributed by atoms with E-state index in [0.717, 1.165) is 12.1 Å². The fourth-order valence-corrected chi connectivity index (χ4v) is 2.79. The maximum Gasteiger partial charge on any atom is 0.417 e. The molecule has 8 nitrogen and oxygen atoms in total. The van der Waals surface area contributed by atoms with Crippen molar-refractivity contribution in [1.29, 1.82) is 0 Å². The van der Waals surface area contributed by atoms with Crippen LogP contribution < -0.4 is 10.6 Å². The predicted octanol–water partition coefficient (Wildman–Crippen LogP) is 6.34. The van der Waals surface area contributed by atoms with Crippen molar-refractivity contribution in [3.8, 4) is 0 Å². The lowest BCUT2D eigenvalue weighted by Gasteiger charge is -2.10. The Morgan fingerprint density at radius 1 is 1.10 bits per heavy atom. The summed E-state index contributed by atoms with van der Waals surface area (Å²) in [7, 11) is 0. The number of alkyl halides is 3. The van der Waals surface area contributed by atoms with Crippen molar-refractivity contribution >= 4 is 28.7 Å². The molecule has 0 spiro atoms. The summed E-state index contributed by atoms with van der Waals surface area (Å²) in [6.45, 7) is 16.1. The van der Waals surface area contributed by atoms with Gasteiger partial charge in [-0.05, 0) is 37.6 Å². The Kier molecular flexibility index (Phi) is 13.9. The molecular weight excluding hydrogens is 509 g/mol. The van der Waals surface area contributed by atoms with Gasteiger partial charge in [0, 0.05) is 31.9 Å². The Morgan fingerprint density at radius 3 is 2.31 bits per heavy atom. The molecule has 210 valence electrons. The number of halogens is 3. The van der Waals surface area contributed by atoms with Gasteiger partial charge in [0.2, 0.25) is 5.91 Å². The van der Waals surface area contributed by atoms with Crippen LogP contribution in [0.3, 0.4) is 0 Å². The first kappa shape index (κ1) is 32.7. The largest absolute Gasteiger partial charge is 0.417 e. The van der Waals surface area contributed by atoms with Crippen molar-refractivity contribution in [3.63, 3.8) is 0 Å². The molecular formula is C28H35F3N6O2. The topological polar surface area (TPSA) is 102 Å². The minimum absolute atomic E-state index is 0.0187. The number of nitrogens with zero attached hydrogens (tertiary/aromatic N) is 4. The maximum absolute atomic E-state index is 12.7. The molecule has 3 heterocycles. The molecule has 3 aromatic rings. The predicted molar refractivity (Wildman–Crippen MR) is 148 cm³/mol. The van der Waals surface area contributed by atoms with Crippen LogP contribution in [0, 0.1) is 0 Å². The van der Waals surface area contributed by atoms with Crippen molar-refractivity contribution in [1.82, 2.24) is 24.8 Å². The summed E-state index contributed by atoms with van der Waals surface area (Å²) in [4.78, 5) is 36.6. The van der Waals surface area contributed by atoms with Crippen LogP contribution in [-0.4, -0.2) is 37.9 Å². The van der Waals surface area contributed by atoms with Crippen molar-refractivity contribution < 1.29 is 22.8 Å². The summed E-state index contributed by atoms with van der Waals surface area (Å²) in [5.41, 5.74) is 0.985. The van der Waals surface area contributed by atoms with Crippen LogP contribution in [0.15, 0.2) is 73.7 Å². The van der Waals surface area contributed by atoms with Crippen LogP contribution in [-0.2, 0) is 17.5 Å². The molecule has 0 fully saturated rings. The second-order valence-electron chi connectivity index (χ2n) is 8.11. The summed E-state index contributed by atoms with van der Waals surface area (Å²) < 4.78 is 39.4. The van der Waals surface area contributed by atoms with Gasteiger partial charge < -0.3 is 15.2 Å². The molecule has 0 unspecified atom stereocenters. The lowest BCUT2D eigenvalue weighted by molar-refractivity contribution is -0.137. The number of carbonyl (C=O) groups excluding carboxylic acids is 2. The minimum atomic E-state index is -4.51. The molecule has 0 aromatic carbocycles. The van der Waals surface area contributed by atoms with Crippen LogP contribution in [0.4, 0.5) is 19.0 Å². The smallest absolute Gasteiger partial charge is 0.349 e. The van der Waals surface area contributed by atoms with Crippen molar-refractivity contribution in [2.75, 3.05) is 11.9 Å². The first-order valence-electron chi connectivity index (χ1n) is 12.3. The molecule has 2 N–H and O–H groups in total. The SMILES string of the molecule is C/C=C\C.C=CC(=C)Cn1c(C(=O)NCCC(=O)Nc2ccc(C(F)(F)F)cn2)nc2cnccc21.CCC. The summed E-state index contributed by atoms with van der Waals surface area (Å²) >= 11 is 0. The van der Waals surface area contributed by atoms with Gasteiger partial charge in [0.1, 0.15) is 11.3 Å². The van der Waals surface area contributed by atoms with Crippen LogP contribution in [0.1, 0.15) is 56.7 Å². The molecule has 2 amide bonds. The zero-order valence-corrected chi connectivity index (χ0v) is 22.7. The van der Waals surface area contributed by atoms with E-state index < -0.39 is 23.6 Å². The molecule has 0 bridgehead atoms.